The lowest BCUT2D eigenvalue weighted by molar-refractivity contribution is -0.384. The van der Waals surface area contributed by atoms with Gasteiger partial charge in [0.1, 0.15) is 0 Å². The van der Waals surface area contributed by atoms with Gasteiger partial charge in [-0.05, 0) is 18.1 Å². The van der Waals surface area contributed by atoms with Crippen molar-refractivity contribution in [3.63, 3.8) is 0 Å². The minimum Gasteiger partial charge on any atom is -0.465 e. The number of nitro benzene ring substituents is 1. The molecule has 1 fully saturated rings. The number of nitro groups is 1. The van der Waals surface area contributed by atoms with E-state index in [1.54, 1.807) is 0 Å². The fourth-order valence-corrected chi connectivity index (χ4v) is 2.65. The SMILES string of the molecule is O=C1Nc2ccc([N+](=O)[O-])cc2/C1=C1/CCN(C(=O)O)C1. The first-order chi connectivity index (χ1) is 9.97. The van der Waals surface area contributed by atoms with Crippen LogP contribution in [0.3, 0.4) is 0 Å². The van der Waals surface area contributed by atoms with Gasteiger partial charge in [0.05, 0.1) is 10.5 Å². The van der Waals surface area contributed by atoms with Gasteiger partial charge in [-0.1, -0.05) is 0 Å². The monoisotopic (exact) mass is 289 g/mol. The molecule has 108 valence electrons. The summed E-state index contributed by atoms with van der Waals surface area (Å²) in [7, 11) is 0. The summed E-state index contributed by atoms with van der Waals surface area (Å²) in [6, 6.07) is 4.16. The van der Waals surface area contributed by atoms with E-state index in [-0.39, 0.29) is 18.1 Å². The van der Waals surface area contributed by atoms with Crippen LogP contribution in [-0.4, -0.2) is 40.0 Å². The molecule has 0 unspecified atom stereocenters. The number of anilines is 1. The Morgan fingerprint density at radius 1 is 1.43 bits per heavy atom. The van der Waals surface area contributed by atoms with Crippen molar-refractivity contribution >= 4 is 28.9 Å². The summed E-state index contributed by atoms with van der Waals surface area (Å²) in [5.74, 6) is -0.340. The van der Waals surface area contributed by atoms with Crippen LogP contribution >= 0.6 is 0 Å². The second-order valence-electron chi connectivity index (χ2n) is 4.87. The largest absolute Gasteiger partial charge is 0.465 e. The summed E-state index contributed by atoms with van der Waals surface area (Å²) in [5.41, 5.74) is 1.93. The van der Waals surface area contributed by atoms with E-state index in [2.05, 4.69) is 5.32 Å². The molecule has 0 spiro atoms. The number of non-ortho nitro benzene ring substituents is 1. The number of likely N-dealkylation sites (tertiary alicyclic amines) is 1. The van der Waals surface area contributed by atoms with Gasteiger partial charge in [-0.15, -0.1) is 0 Å². The molecular weight excluding hydrogens is 278 g/mol. The van der Waals surface area contributed by atoms with E-state index in [0.29, 0.717) is 35.4 Å². The van der Waals surface area contributed by atoms with E-state index in [1.807, 2.05) is 0 Å². The Kier molecular flexibility index (Phi) is 2.86. The van der Waals surface area contributed by atoms with Gasteiger partial charge in [0.15, 0.2) is 0 Å². The molecule has 0 radical (unpaired) electrons. The topological polar surface area (TPSA) is 113 Å². The molecule has 1 saturated heterocycles. The second-order valence-corrected chi connectivity index (χ2v) is 4.87. The van der Waals surface area contributed by atoms with E-state index < -0.39 is 11.0 Å². The van der Waals surface area contributed by atoms with Crippen molar-refractivity contribution in [1.29, 1.82) is 0 Å². The van der Waals surface area contributed by atoms with Gasteiger partial charge in [-0.25, -0.2) is 4.79 Å². The first kappa shape index (κ1) is 13.1. The fourth-order valence-electron chi connectivity index (χ4n) is 2.65. The molecule has 2 heterocycles. The number of nitrogens with one attached hydrogen (secondary N) is 1. The van der Waals surface area contributed by atoms with Gasteiger partial charge < -0.3 is 15.3 Å². The number of amides is 2. The highest BCUT2D eigenvalue weighted by Gasteiger charge is 2.32. The second kappa shape index (κ2) is 4.58. The van der Waals surface area contributed by atoms with Crippen molar-refractivity contribution in [3.8, 4) is 0 Å². The quantitative estimate of drug-likeness (QED) is 0.464. The number of fused-ring (bicyclic) bond motifs is 1. The molecule has 0 bridgehead atoms. The molecule has 0 aromatic heterocycles. The van der Waals surface area contributed by atoms with Crippen molar-refractivity contribution in [2.75, 3.05) is 18.4 Å². The molecule has 8 heteroatoms. The molecule has 0 atom stereocenters. The third kappa shape index (κ3) is 2.10. The van der Waals surface area contributed by atoms with Crippen molar-refractivity contribution in [1.82, 2.24) is 4.90 Å². The van der Waals surface area contributed by atoms with Crippen LogP contribution in [0.15, 0.2) is 23.8 Å². The van der Waals surface area contributed by atoms with E-state index in [1.165, 1.54) is 23.1 Å². The molecule has 2 aliphatic heterocycles. The molecule has 1 aromatic carbocycles. The average molecular weight is 289 g/mol. The Bertz CT molecular complexity index is 710. The summed E-state index contributed by atoms with van der Waals surface area (Å²) in [5, 5.41) is 22.5. The van der Waals surface area contributed by atoms with Gasteiger partial charge in [0, 0.05) is 36.5 Å². The molecule has 8 nitrogen and oxygen atoms in total. The number of carbonyl (C=O) groups is 2. The zero-order chi connectivity index (χ0) is 15.1. The molecule has 0 saturated carbocycles. The predicted octanol–water partition coefficient (Wildman–Crippen LogP) is 1.68. The molecule has 3 rings (SSSR count). The highest BCUT2D eigenvalue weighted by atomic mass is 16.6. The van der Waals surface area contributed by atoms with Crippen molar-refractivity contribution < 1.29 is 19.6 Å². The summed E-state index contributed by atoms with van der Waals surface area (Å²) in [4.78, 5) is 34.6. The Hall–Kier alpha value is -2.90. The van der Waals surface area contributed by atoms with E-state index in [4.69, 9.17) is 5.11 Å². The number of carboxylic acid groups (broad SMARTS) is 1. The van der Waals surface area contributed by atoms with E-state index in [0.717, 1.165) is 0 Å². The lowest BCUT2D eigenvalue weighted by Gasteiger charge is -2.09. The lowest BCUT2D eigenvalue weighted by atomic mass is 10.00. The summed E-state index contributed by atoms with van der Waals surface area (Å²) in [6.45, 7) is 0.478. The molecule has 2 amide bonds. The number of benzene rings is 1. The summed E-state index contributed by atoms with van der Waals surface area (Å²) >= 11 is 0. The maximum Gasteiger partial charge on any atom is 0.407 e. The number of nitrogens with zero attached hydrogens (tertiary/aromatic N) is 2. The van der Waals surface area contributed by atoms with Crippen LogP contribution in [0.5, 0.6) is 0 Å². The third-order valence-electron chi connectivity index (χ3n) is 3.65. The fraction of sp³-hybridized carbons (Fsp3) is 0.231. The van der Waals surface area contributed by atoms with Gasteiger partial charge in [0.25, 0.3) is 11.6 Å². The van der Waals surface area contributed by atoms with Crippen LogP contribution in [0.2, 0.25) is 0 Å². The average Bonchev–Trinajstić information content (AvgIpc) is 3.00. The minimum absolute atomic E-state index is 0.101. The predicted molar refractivity (Wildman–Crippen MR) is 72.9 cm³/mol. The Morgan fingerprint density at radius 2 is 2.19 bits per heavy atom. The maximum absolute atomic E-state index is 12.1. The first-order valence-corrected chi connectivity index (χ1v) is 6.27. The van der Waals surface area contributed by atoms with Crippen molar-refractivity contribution in [2.45, 2.75) is 6.42 Å². The third-order valence-corrected chi connectivity index (χ3v) is 3.65. The van der Waals surface area contributed by atoms with Crippen LogP contribution in [-0.2, 0) is 4.79 Å². The van der Waals surface area contributed by atoms with Crippen LogP contribution < -0.4 is 5.32 Å². The highest BCUT2D eigenvalue weighted by molar-refractivity contribution is 6.32. The molecule has 2 N–H and O–H groups in total. The zero-order valence-corrected chi connectivity index (χ0v) is 10.8. The van der Waals surface area contributed by atoms with Crippen LogP contribution in [0.4, 0.5) is 16.2 Å². The van der Waals surface area contributed by atoms with E-state index >= 15 is 0 Å². The molecule has 2 aliphatic rings. The van der Waals surface area contributed by atoms with Gasteiger partial charge in [-0.3, -0.25) is 14.9 Å². The minimum atomic E-state index is -1.04. The van der Waals surface area contributed by atoms with Crippen molar-refractivity contribution in [2.24, 2.45) is 0 Å². The van der Waals surface area contributed by atoms with Crippen LogP contribution in [0.1, 0.15) is 12.0 Å². The highest BCUT2D eigenvalue weighted by Crippen LogP contribution is 2.38. The van der Waals surface area contributed by atoms with Crippen molar-refractivity contribution in [3.05, 3.63) is 39.4 Å². The number of hydrogen-bond acceptors (Lipinski definition) is 4. The number of rotatable bonds is 1. The number of hydrogen-bond donors (Lipinski definition) is 2. The Morgan fingerprint density at radius 3 is 2.81 bits per heavy atom. The maximum atomic E-state index is 12.1. The Labute approximate surface area is 118 Å². The standard InChI is InChI=1S/C13H11N3O5/c17-12-11(7-3-4-15(6-7)13(18)19)9-5-8(16(20)21)1-2-10(9)14-12/h1-2,5H,3-4,6H2,(H,14,17)(H,18,19)/b11-7+. The smallest absolute Gasteiger partial charge is 0.407 e. The van der Waals surface area contributed by atoms with Gasteiger partial charge in [-0.2, -0.15) is 0 Å². The van der Waals surface area contributed by atoms with Gasteiger partial charge in [0.2, 0.25) is 0 Å². The molecular formula is C13H11N3O5. The summed E-state index contributed by atoms with van der Waals surface area (Å²) in [6.07, 6.45) is -0.583. The zero-order valence-electron chi connectivity index (χ0n) is 10.8. The van der Waals surface area contributed by atoms with Crippen LogP contribution in [0, 0.1) is 10.1 Å². The molecule has 1 aromatic rings. The normalized spacial score (nSPS) is 20.4. The van der Waals surface area contributed by atoms with E-state index in [9.17, 15) is 19.7 Å². The molecule has 21 heavy (non-hydrogen) atoms. The Balaban J connectivity index is 2.06. The van der Waals surface area contributed by atoms with Gasteiger partial charge >= 0.3 is 6.09 Å². The van der Waals surface area contributed by atoms with Crippen LogP contribution in [0.25, 0.3) is 5.57 Å². The molecule has 0 aliphatic carbocycles. The summed E-state index contributed by atoms with van der Waals surface area (Å²) < 4.78 is 0. The first-order valence-electron chi connectivity index (χ1n) is 6.27. The number of carbonyl (C=O) groups excluding carboxylic acids is 1. The lowest BCUT2D eigenvalue weighted by Crippen LogP contribution is -2.25.